The van der Waals surface area contributed by atoms with Crippen molar-refractivity contribution in [3.8, 4) is 5.75 Å². The van der Waals surface area contributed by atoms with Crippen LogP contribution in [0.25, 0.3) is 0 Å². The second-order valence-electron chi connectivity index (χ2n) is 4.17. The summed E-state index contributed by atoms with van der Waals surface area (Å²) in [6.07, 6.45) is 0.962. The molecule has 0 heterocycles. The number of hydrogen-bond acceptors (Lipinski definition) is 3. The van der Waals surface area contributed by atoms with Crippen LogP contribution in [0.15, 0.2) is 24.3 Å². The maximum absolute atomic E-state index is 11.3. The van der Waals surface area contributed by atoms with E-state index in [1.54, 1.807) is 7.11 Å². The summed E-state index contributed by atoms with van der Waals surface area (Å²) in [4.78, 5) is 11.3. The van der Waals surface area contributed by atoms with Crippen molar-refractivity contribution in [3.05, 3.63) is 29.8 Å². The summed E-state index contributed by atoms with van der Waals surface area (Å²) in [5.41, 5.74) is 5.71. The van der Waals surface area contributed by atoms with E-state index in [1.807, 2.05) is 31.2 Å². The lowest BCUT2D eigenvalue weighted by Crippen LogP contribution is -2.40. The maximum Gasteiger partial charge on any atom is 0.311 e. The van der Waals surface area contributed by atoms with Crippen LogP contribution in [0.1, 0.15) is 18.9 Å². The van der Waals surface area contributed by atoms with E-state index < -0.39 is 11.4 Å². The van der Waals surface area contributed by atoms with Crippen LogP contribution in [0, 0.1) is 5.41 Å². The molecule has 0 radical (unpaired) electrons. The van der Waals surface area contributed by atoms with Gasteiger partial charge >= 0.3 is 5.97 Å². The lowest BCUT2D eigenvalue weighted by Gasteiger charge is -2.26. The summed E-state index contributed by atoms with van der Waals surface area (Å²) in [7, 11) is 1.60. The predicted octanol–water partition coefficient (Wildman–Crippen LogP) is 1.68. The van der Waals surface area contributed by atoms with E-state index in [-0.39, 0.29) is 6.54 Å². The molecule has 94 valence electrons. The molecule has 1 aromatic carbocycles. The first-order valence-corrected chi connectivity index (χ1v) is 5.64. The highest BCUT2D eigenvalue weighted by atomic mass is 16.5. The van der Waals surface area contributed by atoms with Gasteiger partial charge in [-0.05, 0) is 30.5 Å². The molecule has 0 spiro atoms. The number of carboxylic acids is 1. The number of nitrogens with two attached hydrogens (primary N) is 1. The van der Waals surface area contributed by atoms with Gasteiger partial charge in [0.25, 0.3) is 0 Å². The smallest absolute Gasteiger partial charge is 0.311 e. The number of benzene rings is 1. The third-order valence-corrected chi connectivity index (χ3v) is 3.22. The number of ether oxygens (including phenoxy) is 1. The minimum atomic E-state index is -0.866. The Kier molecular flexibility index (Phi) is 4.52. The van der Waals surface area contributed by atoms with Crippen LogP contribution in [0.5, 0.6) is 5.75 Å². The van der Waals surface area contributed by atoms with Crippen molar-refractivity contribution < 1.29 is 14.6 Å². The molecule has 1 atom stereocenters. The molecule has 0 bridgehead atoms. The van der Waals surface area contributed by atoms with Gasteiger partial charge in [0.1, 0.15) is 5.75 Å². The Balaban J connectivity index is 2.89. The van der Waals surface area contributed by atoms with Gasteiger partial charge in [0, 0.05) is 6.54 Å². The maximum atomic E-state index is 11.3. The summed E-state index contributed by atoms with van der Waals surface area (Å²) in [5, 5.41) is 9.28. The molecule has 1 rings (SSSR count). The van der Waals surface area contributed by atoms with E-state index in [2.05, 4.69) is 0 Å². The molecule has 0 aliphatic heterocycles. The first kappa shape index (κ1) is 13.5. The van der Waals surface area contributed by atoms with Crippen molar-refractivity contribution in [1.29, 1.82) is 0 Å². The second-order valence-corrected chi connectivity index (χ2v) is 4.17. The fourth-order valence-electron chi connectivity index (χ4n) is 1.79. The van der Waals surface area contributed by atoms with E-state index in [9.17, 15) is 9.90 Å². The topological polar surface area (TPSA) is 72.5 Å². The largest absolute Gasteiger partial charge is 0.497 e. The quantitative estimate of drug-likeness (QED) is 0.789. The molecule has 0 aromatic heterocycles. The summed E-state index contributed by atoms with van der Waals surface area (Å²) in [6, 6.07) is 7.41. The lowest BCUT2D eigenvalue weighted by molar-refractivity contribution is -0.148. The number of aliphatic carboxylic acids is 1. The standard InChI is InChI=1S/C13H19NO3/c1-3-13(9-14,12(15)16)8-10-4-6-11(17-2)7-5-10/h4-7H,3,8-9,14H2,1-2H3,(H,15,16). The molecule has 4 nitrogen and oxygen atoms in total. The van der Waals surface area contributed by atoms with Crippen molar-refractivity contribution in [2.24, 2.45) is 11.1 Å². The van der Waals surface area contributed by atoms with Crippen molar-refractivity contribution in [3.63, 3.8) is 0 Å². The molecule has 0 saturated heterocycles. The number of rotatable bonds is 6. The average Bonchev–Trinajstić information content (AvgIpc) is 2.36. The van der Waals surface area contributed by atoms with Crippen LogP contribution in [0.4, 0.5) is 0 Å². The zero-order valence-electron chi connectivity index (χ0n) is 10.3. The Bertz CT molecular complexity index is 369. The van der Waals surface area contributed by atoms with E-state index in [0.29, 0.717) is 12.8 Å². The Morgan fingerprint density at radius 1 is 1.41 bits per heavy atom. The molecule has 0 amide bonds. The van der Waals surface area contributed by atoms with Gasteiger partial charge in [0.15, 0.2) is 0 Å². The first-order chi connectivity index (χ1) is 8.07. The van der Waals surface area contributed by atoms with Gasteiger partial charge in [-0.1, -0.05) is 19.1 Å². The van der Waals surface area contributed by atoms with Gasteiger partial charge in [-0.25, -0.2) is 0 Å². The van der Waals surface area contributed by atoms with Crippen LogP contribution in [-0.4, -0.2) is 24.7 Å². The van der Waals surface area contributed by atoms with Gasteiger partial charge in [-0.15, -0.1) is 0 Å². The van der Waals surface area contributed by atoms with Crippen LogP contribution in [0.3, 0.4) is 0 Å². The van der Waals surface area contributed by atoms with E-state index in [1.165, 1.54) is 0 Å². The van der Waals surface area contributed by atoms with E-state index in [4.69, 9.17) is 10.5 Å². The Labute approximate surface area is 101 Å². The SMILES string of the molecule is CCC(CN)(Cc1ccc(OC)cc1)C(=O)O. The highest BCUT2D eigenvalue weighted by Gasteiger charge is 2.35. The number of methoxy groups -OCH3 is 1. The number of hydrogen-bond donors (Lipinski definition) is 2. The molecular formula is C13H19NO3. The van der Waals surface area contributed by atoms with Crippen LogP contribution >= 0.6 is 0 Å². The summed E-state index contributed by atoms with van der Waals surface area (Å²) >= 11 is 0. The monoisotopic (exact) mass is 237 g/mol. The highest BCUT2D eigenvalue weighted by Crippen LogP contribution is 2.27. The molecule has 1 aromatic rings. The minimum absolute atomic E-state index is 0.144. The zero-order chi connectivity index (χ0) is 12.9. The molecular weight excluding hydrogens is 218 g/mol. The van der Waals surface area contributed by atoms with Crippen molar-refractivity contribution in [2.45, 2.75) is 19.8 Å². The summed E-state index contributed by atoms with van der Waals surface area (Å²) in [6.45, 7) is 2.00. The molecule has 3 N–H and O–H groups in total. The van der Waals surface area contributed by atoms with Crippen LogP contribution < -0.4 is 10.5 Å². The average molecular weight is 237 g/mol. The summed E-state index contributed by atoms with van der Waals surface area (Å²) < 4.78 is 5.06. The van der Waals surface area contributed by atoms with Gasteiger partial charge in [0.05, 0.1) is 12.5 Å². The Morgan fingerprint density at radius 2 is 2.00 bits per heavy atom. The predicted molar refractivity (Wildman–Crippen MR) is 66.1 cm³/mol. The van der Waals surface area contributed by atoms with Gasteiger partial charge in [-0.3, -0.25) is 4.79 Å². The van der Waals surface area contributed by atoms with Crippen molar-refractivity contribution >= 4 is 5.97 Å². The molecule has 0 aliphatic rings. The molecule has 17 heavy (non-hydrogen) atoms. The number of carboxylic acid groups (broad SMARTS) is 1. The number of carbonyl (C=O) groups is 1. The fraction of sp³-hybridized carbons (Fsp3) is 0.462. The Morgan fingerprint density at radius 3 is 2.35 bits per heavy atom. The second kappa shape index (κ2) is 5.68. The molecule has 4 heteroatoms. The molecule has 0 saturated carbocycles. The third kappa shape index (κ3) is 2.97. The first-order valence-electron chi connectivity index (χ1n) is 5.64. The van der Waals surface area contributed by atoms with Gasteiger partial charge in [-0.2, -0.15) is 0 Å². The van der Waals surface area contributed by atoms with Crippen molar-refractivity contribution in [1.82, 2.24) is 0 Å². The lowest BCUT2D eigenvalue weighted by atomic mass is 9.79. The van der Waals surface area contributed by atoms with Crippen LogP contribution in [-0.2, 0) is 11.2 Å². The fourth-order valence-corrected chi connectivity index (χ4v) is 1.79. The van der Waals surface area contributed by atoms with Gasteiger partial charge in [0.2, 0.25) is 0 Å². The minimum Gasteiger partial charge on any atom is -0.497 e. The Hall–Kier alpha value is -1.55. The third-order valence-electron chi connectivity index (χ3n) is 3.22. The normalized spacial score (nSPS) is 14.1. The molecule has 0 fully saturated rings. The van der Waals surface area contributed by atoms with Crippen molar-refractivity contribution in [2.75, 3.05) is 13.7 Å². The van der Waals surface area contributed by atoms with E-state index >= 15 is 0 Å². The zero-order valence-corrected chi connectivity index (χ0v) is 10.3. The van der Waals surface area contributed by atoms with E-state index in [0.717, 1.165) is 11.3 Å². The van der Waals surface area contributed by atoms with Gasteiger partial charge < -0.3 is 15.6 Å². The highest BCUT2D eigenvalue weighted by molar-refractivity contribution is 5.75. The summed E-state index contributed by atoms with van der Waals surface area (Å²) in [5.74, 6) is -0.0720. The molecule has 0 aliphatic carbocycles. The van der Waals surface area contributed by atoms with Crippen LogP contribution in [0.2, 0.25) is 0 Å². The molecule has 1 unspecified atom stereocenters.